The molecule has 31 heavy (non-hydrogen) atoms. The van der Waals surface area contributed by atoms with Crippen LogP contribution in [0.25, 0.3) is 22.0 Å². The van der Waals surface area contributed by atoms with Gasteiger partial charge in [0, 0.05) is 23.2 Å². The zero-order chi connectivity index (χ0) is 22.0. The number of halogens is 1. The number of aliphatic hydroxyl groups excluding tert-OH is 1. The standard InChI is InChI=1S/C26H25FN2O2/c1-16-3-12-23(27)25-24(16)22(17(2)29-25)13-14-28-26(31)21-10-8-20(9-11-21)19-6-4-18(15-30)5-7-19/h3-12,29-30H,13-15H2,1-2H3,(H,28,31). The molecule has 0 saturated heterocycles. The first-order valence-electron chi connectivity index (χ1n) is 10.3. The van der Waals surface area contributed by atoms with Gasteiger partial charge < -0.3 is 15.4 Å². The summed E-state index contributed by atoms with van der Waals surface area (Å²) in [6, 6.07) is 18.4. The highest BCUT2D eigenvalue weighted by Gasteiger charge is 2.14. The molecule has 0 bridgehead atoms. The van der Waals surface area contributed by atoms with Gasteiger partial charge in [-0.2, -0.15) is 0 Å². The molecule has 1 aromatic heterocycles. The summed E-state index contributed by atoms with van der Waals surface area (Å²) in [6.07, 6.45) is 0.622. The number of carbonyl (C=O) groups excluding carboxylic acids is 1. The highest BCUT2D eigenvalue weighted by Crippen LogP contribution is 2.28. The Hall–Kier alpha value is -3.44. The summed E-state index contributed by atoms with van der Waals surface area (Å²) in [5.74, 6) is -0.396. The maximum atomic E-state index is 14.1. The van der Waals surface area contributed by atoms with E-state index in [0.29, 0.717) is 24.0 Å². The quantitative estimate of drug-likeness (QED) is 0.412. The lowest BCUT2D eigenvalue weighted by Crippen LogP contribution is -2.25. The number of hydrogen-bond acceptors (Lipinski definition) is 2. The van der Waals surface area contributed by atoms with Crippen LogP contribution in [0.15, 0.2) is 60.7 Å². The van der Waals surface area contributed by atoms with Gasteiger partial charge in [0.05, 0.1) is 12.1 Å². The maximum absolute atomic E-state index is 14.1. The molecule has 0 atom stereocenters. The molecule has 0 spiro atoms. The van der Waals surface area contributed by atoms with Crippen LogP contribution in [0, 0.1) is 19.7 Å². The minimum Gasteiger partial charge on any atom is -0.392 e. The number of aliphatic hydroxyl groups is 1. The number of hydrogen-bond donors (Lipinski definition) is 3. The zero-order valence-corrected chi connectivity index (χ0v) is 17.6. The average Bonchev–Trinajstić information content (AvgIpc) is 3.14. The second-order valence-electron chi connectivity index (χ2n) is 7.78. The van der Waals surface area contributed by atoms with E-state index in [-0.39, 0.29) is 18.3 Å². The van der Waals surface area contributed by atoms with Crippen molar-refractivity contribution in [2.75, 3.05) is 6.54 Å². The van der Waals surface area contributed by atoms with Crippen LogP contribution in [0.2, 0.25) is 0 Å². The fourth-order valence-corrected chi connectivity index (χ4v) is 3.98. The number of aromatic amines is 1. The number of benzene rings is 3. The fraction of sp³-hybridized carbons (Fsp3) is 0.192. The van der Waals surface area contributed by atoms with Crippen LogP contribution in [0.3, 0.4) is 0 Å². The van der Waals surface area contributed by atoms with Gasteiger partial charge in [0.15, 0.2) is 0 Å². The van der Waals surface area contributed by atoms with Gasteiger partial charge in [-0.1, -0.05) is 42.5 Å². The Bertz CT molecular complexity index is 1230. The van der Waals surface area contributed by atoms with Gasteiger partial charge in [0.2, 0.25) is 0 Å². The van der Waals surface area contributed by atoms with E-state index in [1.807, 2.05) is 50.2 Å². The highest BCUT2D eigenvalue weighted by molar-refractivity contribution is 5.94. The van der Waals surface area contributed by atoms with E-state index in [0.717, 1.165) is 38.9 Å². The third-order valence-corrected chi connectivity index (χ3v) is 5.71. The van der Waals surface area contributed by atoms with Gasteiger partial charge in [0.1, 0.15) is 5.82 Å². The molecular formula is C26H25FN2O2. The molecule has 0 aliphatic carbocycles. The number of aromatic nitrogens is 1. The second-order valence-corrected chi connectivity index (χ2v) is 7.78. The average molecular weight is 416 g/mol. The molecule has 0 unspecified atom stereocenters. The van der Waals surface area contributed by atoms with Crippen molar-refractivity contribution in [1.82, 2.24) is 10.3 Å². The molecule has 1 heterocycles. The first-order chi connectivity index (χ1) is 15.0. The Morgan fingerprint density at radius 3 is 2.26 bits per heavy atom. The number of carbonyl (C=O) groups is 1. The molecule has 0 saturated carbocycles. The van der Waals surface area contributed by atoms with Crippen LogP contribution in [0.4, 0.5) is 4.39 Å². The number of nitrogens with one attached hydrogen (secondary N) is 2. The van der Waals surface area contributed by atoms with Crippen LogP contribution in [0.5, 0.6) is 0 Å². The normalized spacial score (nSPS) is 11.1. The van der Waals surface area contributed by atoms with Crippen molar-refractivity contribution in [2.45, 2.75) is 26.9 Å². The van der Waals surface area contributed by atoms with E-state index in [4.69, 9.17) is 5.11 Å². The predicted molar refractivity (Wildman–Crippen MR) is 122 cm³/mol. The third kappa shape index (κ3) is 4.23. The monoisotopic (exact) mass is 416 g/mol. The summed E-state index contributed by atoms with van der Waals surface area (Å²) in [7, 11) is 0. The third-order valence-electron chi connectivity index (χ3n) is 5.71. The van der Waals surface area contributed by atoms with E-state index in [1.54, 1.807) is 18.2 Å². The lowest BCUT2D eigenvalue weighted by atomic mass is 10.0. The van der Waals surface area contributed by atoms with E-state index in [9.17, 15) is 9.18 Å². The summed E-state index contributed by atoms with van der Waals surface area (Å²) < 4.78 is 14.1. The van der Waals surface area contributed by atoms with Gasteiger partial charge in [-0.3, -0.25) is 4.79 Å². The Labute approximate surface area is 180 Å². The SMILES string of the molecule is Cc1[nH]c2c(F)ccc(C)c2c1CCNC(=O)c1ccc(-c2ccc(CO)cc2)cc1. The van der Waals surface area contributed by atoms with Gasteiger partial charge in [-0.25, -0.2) is 4.39 Å². The molecule has 0 aliphatic rings. The maximum Gasteiger partial charge on any atom is 0.251 e. The minimum atomic E-state index is -0.259. The molecule has 4 aromatic rings. The molecule has 158 valence electrons. The number of aryl methyl sites for hydroxylation is 2. The van der Waals surface area contributed by atoms with Crippen LogP contribution in [-0.2, 0) is 13.0 Å². The van der Waals surface area contributed by atoms with Gasteiger partial charge in [-0.05, 0) is 66.3 Å². The lowest BCUT2D eigenvalue weighted by molar-refractivity contribution is 0.0954. The molecule has 5 heteroatoms. The molecule has 4 nitrogen and oxygen atoms in total. The molecule has 1 amide bonds. The van der Waals surface area contributed by atoms with E-state index in [1.165, 1.54) is 6.07 Å². The van der Waals surface area contributed by atoms with Crippen molar-refractivity contribution in [3.63, 3.8) is 0 Å². The number of amides is 1. The largest absolute Gasteiger partial charge is 0.392 e. The van der Waals surface area contributed by atoms with Crippen LogP contribution in [-0.4, -0.2) is 22.5 Å². The molecule has 3 aromatic carbocycles. The van der Waals surface area contributed by atoms with Crippen LogP contribution in [0.1, 0.15) is 32.7 Å². The Balaban J connectivity index is 1.42. The van der Waals surface area contributed by atoms with Crippen molar-refractivity contribution >= 4 is 16.8 Å². The van der Waals surface area contributed by atoms with Crippen molar-refractivity contribution in [3.8, 4) is 11.1 Å². The van der Waals surface area contributed by atoms with Crippen LogP contribution >= 0.6 is 0 Å². The van der Waals surface area contributed by atoms with E-state index in [2.05, 4.69) is 10.3 Å². The molecule has 3 N–H and O–H groups in total. The van der Waals surface area contributed by atoms with Crippen molar-refractivity contribution in [2.24, 2.45) is 0 Å². The molecule has 0 radical (unpaired) electrons. The Kier molecular flexibility index (Phi) is 5.87. The zero-order valence-electron chi connectivity index (χ0n) is 17.6. The number of H-pyrrole nitrogens is 1. The van der Waals surface area contributed by atoms with Gasteiger partial charge in [-0.15, -0.1) is 0 Å². The predicted octanol–water partition coefficient (Wildman–Crippen LogP) is 5.06. The first kappa shape index (κ1) is 20.8. The minimum absolute atomic E-state index is 0.0198. The Morgan fingerprint density at radius 2 is 1.61 bits per heavy atom. The van der Waals surface area contributed by atoms with Crippen LogP contribution < -0.4 is 5.32 Å². The summed E-state index contributed by atoms with van der Waals surface area (Å²) in [4.78, 5) is 15.7. The smallest absolute Gasteiger partial charge is 0.251 e. The highest BCUT2D eigenvalue weighted by atomic mass is 19.1. The topological polar surface area (TPSA) is 65.1 Å². The van der Waals surface area contributed by atoms with Crippen molar-refractivity contribution < 1.29 is 14.3 Å². The molecule has 0 fully saturated rings. The molecule has 4 rings (SSSR count). The number of fused-ring (bicyclic) bond motifs is 1. The summed E-state index contributed by atoms with van der Waals surface area (Å²) >= 11 is 0. The summed E-state index contributed by atoms with van der Waals surface area (Å²) in [5.41, 5.74) is 7.00. The van der Waals surface area contributed by atoms with Gasteiger partial charge in [0.25, 0.3) is 5.91 Å². The van der Waals surface area contributed by atoms with E-state index < -0.39 is 0 Å². The first-order valence-corrected chi connectivity index (χ1v) is 10.3. The van der Waals surface area contributed by atoms with Gasteiger partial charge >= 0.3 is 0 Å². The molecular weight excluding hydrogens is 391 g/mol. The number of rotatable bonds is 6. The van der Waals surface area contributed by atoms with E-state index >= 15 is 0 Å². The summed E-state index contributed by atoms with van der Waals surface area (Å²) in [5, 5.41) is 13.0. The fourth-order valence-electron chi connectivity index (χ4n) is 3.98. The lowest BCUT2D eigenvalue weighted by Gasteiger charge is -2.08. The summed E-state index contributed by atoms with van der Waals surface area (Å²) in [6.45, 7) is 4.39. The van der Waals surface area contributed by atoms with Crippen molar-refractivity contribution in [1.29, 1.82) is 0 Å². The Morgan fingerprint density at radius 1 is 0.968 bits per heavy atom. The van der Waals surface area contributed by atoms with Crippen molar-refractivity contribution in [3.05, 3.63) is 94.4 Å². The molecule has 0 aliphatic heterocycles. The second kappa shape index (κ2) is 8.74.